The summed E-state index contributed by atoms with van der Waals surface area (Å²) in [6, 6.07) is 7.73. The third-order valence-corrected chi connectivity index (χ3v) is 3.64. The van der Waals surface area contributed by atoms with Gasteiger partial charge < -0.3 is 19.7 Å². The van der Waals surface area contributed by atoms with Crippen LogP contribution >= 0.6 is 0 Å². The summed E-state index contributed by atoms with van der Waals surface area (Å²) < 4.78 is 17.7. The normalized spacial score (nSPS) is 18.3. The summed E-state index contributed by atoms with van der Waals surface area (Å²) in [6.45, 7) is 2.68. The van der Waals surface area contributed by atoms with E-state index in [0.29, 0.717) is 26.7 Å². The van der Waals surface area contributed by atoms with Crippen molar-refractivity contribution in [3.63, 3.8) is 0 Å². The van der Waals surface area contributed by atoms with Gasteiger partial charge in [0, 0.05) is 53.7 Å². The van der Waals surface area contributed by atoms with E-state index < -0.39 is 0 Å². The molecule has 0 saturated carbocycles. The molecule has 0 aliphatic carbocycles. The predicted molar refractivity (Wildman–Crippen MR) is 86.9 cm³/mol. The molecule has 1 aromatic carbocycles. The fraction of sp³-hybridized carbons (Fsp3) is 0.529. The maximum absolute atomic E-state index is 12.3. The van der Waals surface area contributed by atoms with Crippen molar-refractivity contribution in [3.05, 3.63) is 31.4 Å². The first kappa shape index (κ1) is 18.4. The first-order valence-corrected chi connectivity index (χ1v) is 7.68. The van der Waals surface area contributed by atoms with Crippen LogP contribution in [-0.2, 0) is 30.6 Å². The second-order valence-electron chi connectivity index (χ2n) is 5.29. The Labute approximate surface area is 154 Å². The summed E-state index contributed by atoms with van der Waals surface area (Å²) in [6.07, 6.45) is 2.42. The van der Waals surface area contributed by atoms with Crippen LogP contribution in [0.25, 0.3) is 0 Å². The number of hydrogen-bond acceptors (Lipinski definition) is 4. The Morgan fingerprint density at radius 1 is 1.39 bits per heavy atom. The molecule has 1 amide bonds. The fourth-order valence-electron chi connectivity index (χ4n) is 2.60. The SMILES string of the molecule is [3H]CCCC1CNCC(=O)N1c1ccc(OCCCO[CH2-])cc1.[W]. The molecule has 1 aromatic rings. The van der Waals surface area contributed by atoms with Gasteiger partial charge in [0.15, 0.2) is 0 Å². The van der Waals surface area contributed by atoms with E-state index in [9.17, 15) is 4.79 Å². The minimum Gasteiger partial charge on any atom is -0.555 e. The van der Waals surface area contributed by atoms with Gasteiger partial charge in [0.2, 0.25) is 5.91 Å². The van der Waals surface area contributed by atoms with Crippen molar-refractivity contribution < 1.29 is 36.7 Å². The number of rotatable bonds is 8. The van der Waals surface area contributed by atoms with E-state index >= 15 is 0 Å². The average molecular weight is 491 g/mol. The number of piperazine rings is 1. The third-order valence-electron chi connectivity index (χ3n) is 3.64. The van der Waals surface area contributed by atoms with E-state index in [4.69, 9.17) is 10.8 Å². The number of hydrogen-bond donors (Lipinski definition) is 1. The van der Waals surface area contributed by atoms with E-state index in [1.165, 1.54) is 0 Å². The zero-order valence-electron chi connectivity index (χ0n) is 14.3. The molecule has 1 aliphatic heterocycles. The van der Waals surface area contributed by atoms with Crippen LogP contribution in [0.15, 0.2) is 24.3 Å². The molecule has 1 unspecified atom stereocenters. The van der Waals surface area contributed by atoms with Crippen molar-refractivity contribution in [1.82, 2.24) is 5.32 Å². The number of nitrogens with zero attached hydrogens (tertiary/aromatic N) is 1. The van der Waals surface area contributed by atoms with Gasteiger partial charge in [-0.1, -0.05) is 13.3 Å². The number of carbonyl (C=O) groups excluding carboxylic acids is 1. The molecule has 6 heteroatoms. The van der Waals surface area contributed by atoms with Gasteiger partial charge in [-0.2, -0.15) is 0 Å². The van der Waals surface area contributed by atoms with Gasteiger partial charge in [-0.05, 0) is 30.7 Å². The second kappa shape index (κ2) is 10.8. The molecule has 0 aromatic heterocycles. The topological polar surface area (TPSA) is 50.8 Å². The summed E-state index contributed by atoms with van der Waals surface area (Å²) in [5.74, 6) is 0.857. The number of ether oxygens (including phenoxy) is 2. The molecule has 1 fully saturated rings. The summed E-state index contributed by atoms with van der Waals surface area (Å²) in [5, 5.41) is 3.15. The van der Waals surface area contributed by atoms with E-state index in [2.05, 4.69) is 12.4 Å². The van der Waals surface area contributed by atoms with Gasteiger partial charge in [-0.3, -0.25) is 4.79 Å². The molecule has 5 nitrogen and oxygen atoms in total. The van der Waals surface area contributed by atoms with E-state index in [0.717, 1.165) is 37.2 Å². The number of anilines is 1. The molecule has 0 radical (unpaired) electrons. The first-order valence-electron chi connectivity index (χ1n) is 8.39. The second-order valence-corrected chi connectivity index (χ2v) is 5.29. The van der Waals surface area contributed by atoms with Gasteiger partial charge in [0.05, 0.1) is 13.2 Å². The summed E-state index contributed by atoms with van der Waals surface area (Å²) in [7, 11) is 3.32. The van der Waals surface area contributed by atoms with E-state index in [1.807, 2.05) is 29.2 Å². The Hall–Kier alpha value is -0.902. The van der Waals surface area contributed by atoms with Crippen molar-refractivity contribution in [1.29, 1.82) is 0 Å². The molecule has 1 atom stereocenters. The summed E-state index contributed by atoms with van der Waals surface area (Å²) in [5.41, 5.74) is 0.889. The zero-order chi connectivity index (χ0) is 16.5. The van der Waals surface area contributed by atoms with Crippen LogP contribution in [0, 0.1) is 7.11 Å². The molecule has 2 rings (SSSR count). The van der Waals surface area contributed by atoms with Crippen LogP contribution in [0.5, 0.6) is 5.75 Å². The Balaban J connectivity index is 0.00000288. The number of benzene rings is 1. The molecular formula is C17H25N2O3W-. The minimum absolute atomic E-state index is 0. The van der Waals surface area contributed by atoms with Crippen molar-refractivity contribution >= 4 is 11.6 Å². The van der Waals surface area contributed by atoms with Crippen molar-refractivity contribution in [2.24, 2.45) is 0 Å². The minimum atomic E-state index is 0. The maximum atomic E-state index is 12.3. The Bertz CT molecular complexity index is 487. The molecule has 0 bridgehead atoms. The van der Waals surface area contributed by atoms with Crippen molar-refractivity contribution in [3.8, 4) is 5.75 Å². The molecule has 128 valence electrons. The van der Waals surface area contributed by atoms with Crippen LogP contribution in [-0.4, -0.2) is 38.3 Å². The van der Waals surface area contributed by atoms with Crippen LogP contribution in [0.4, 0.5) is 5.69 Å². The molecule has 0 spiro atoms. The standard InChI is InChI=1S/C17H25N2O3.W/c1-3-5-15-12-18-13-17(20)19(15)14-6-8-16(9-7-14)22-11-4-10-21-2;/h6-9,15,18H,2-5,10-13H2,1H3;/q-1;/i1T;. The monoisotopic (exact) mass is 491 g/mol. The smallest absolute Gasteiger partial charge is 0.241 e. The quantitative estimate of drug-likeness (QED) is 0.449. The molecule has 1 N–H and O–H groups in total. The molecule has 23 heavy (non-hydrogen) atoms. The van der Waals surface area contributed by atoms with Crippen molar-refractivity contribution in [2.45, 2.75) is 32.2 Å². The van der Waals surface area contributed by atoms with Crippen molar-refractivity contribution in [2.75, 3.05) is 31.2 Å². The first-order chi connectivity index (χ1) is 11.3. The third kappa shape index (κ3) is 5.91. The molecule has 1 aliphatic rings. The summed E-state index contributed by atoms with van der Waals surface area (Å²) >= 11 is 0. The predicted octanol–water partition coefficient (Wildman–Crippen LogP) is 2.37. The Morgan fingerprint density at radius 2 is 2.17 bits per heavy atom. The maximum Gasteiger partial charge on any atom is 0.241 e. The van der Waals surface area contributed by atoms with E-state index in [1.54, 1.807) is 0 Å². The number of nitrogens with one attached hydrogen (secondary N) is 1. The van der Waals surface area contributed by atoms with Gasteiger partial charge in [0.25, 0.3) is 0 Å². The summed E-state index contributed by atoms with van der Waals surface area (Å²) in [4.78, 5) is 14.1. The van der Waals surface area contributed by atoms with Gasteiger partial charge in [-0.15, -0.1) is 0 Å². The zero-order valence-corrected chi connectivity index (χ0v) is 16.3. The number of carbonyl (C=O) groups is 1. The largest absolute Gasteiger partial charge is 0.555 e. The Kier molecular flexibility index (Phi) is 8.65. The van der Waals surface area contributed by atoms with Gasteiger partial charge in [-0.25, -0.2) is 7.11 Å². The van der Waals surface area contributed by atoms with Gasteiger partial charge in [0.1, 0.15) is 5.75 Å². The molecule has 1 saturated heterocycles. The number of amides is 1. The van der Waals surface area contributed by atoms with Crippen LogP contribution in [0.2, 0.25) is 0 Å². The Morgan fingerprint density at radius 3 is 2.87 bits per heavy atom. The molecule has 1 heterocycles. The van der Waals surface area contributed by atoms with E-state index in [-0.39, 0.29) is 33.0 Å². The van der Waals surface area contributed by atoms with Crippen LogP contribution in [0.3, 0.4) is 0 Å². The fourth-order valence-corrected chi connectivity index (χ4v) is 2.60. The van der Waals surface area contributed by atoms with Crippen LogP contribution in [0.1, 0.15) is 27.5 Å². The van der Waals surface area contributed by atoms with Crippen LogP contribution < -0.4 is 15.0 Å². The molecular weight excluding hydrogens is 464 g/mol. The van der Waals surface area contributed by atoms with Gasteiger partial charge >= 0.3 is 0 Å². The average Bonchev–Trinajstić information content (AvgIpc) is 2.58.